The van der Waals surface area contributed by atoms with Crippen LogP contribution in [0.4, 0.5) is 4.79 Å². The first-order chi connectivity index (χ1) is 17.1. The third-order valence-corrected chi connectivity index (χ3v) is 6.18. The van der Waals surface area contributed by atoms with Crippen molar-refractivity contribution in [3.63, 3.8) is 0 Å². The first kappa shape index (κ1) is 26.8. The van der Waals surface area contributed by atoms with Gasteiger partial charge in [0, 0.05) is 24.2 Å². The zero-order valence-corrected chi connectivity index (χ0v) is 22.2. The number of ether oxygens (including phenoxy) is 3. The fourth-order valence-electron chi connectivity index (χ4n) is 3.91. The van der Waals surface area contributed by atoms with Crippen molar-refractivity contribution in [2.75, 3.05) is 27.3 Å². The summed E-state index contributed by atoms with van der Waals surface area (Å²) in [6, 6.07) is 19.0. The molecule has 0 aliphatic rings. The third-order valence-electron chi connectivity index (χ3n) is 6.18. The summed E-state index contributed by atoms with van der Waals surface area (Å²) in [7, 11) is 2.98. The zero-order chi connectivity index (χ0) is 26.5. The van der Waals surface area contributed by atoms with Gasteiger partial charge in [-0.2, -0.15) is 0 Å². The van der Waals surface area contributed by atoms with Gasteiger partial charge in [0.15, 0.2) is 0 Å². The summed E-state index contributed by atoms with van der Waals surface area (Å²) in [6.07, 6.45) is -0.411. The van der Waals surface area contributed by atoms with E-state index in [0.717, 1.165) is 33.6 Å². The molecule has 6 heteroatoms. The van der Waals surface area contributed by atoms with E-state index in [-0.39, 0.29) is 5.41 Å². The molecule has 190 valence electrons. The molecule has 0 N–H and O–H groups in total. The van der Waals surface area contributed by atoms with Gasteiger partial charge in [0.1, 0.15) is 11.5 Å². The maximum absolute atomic E-state index is 13.1. The molecule has 1 amide bonds. The number of nitrogens with zero attached hydrogens (tertiary/aromatic N) is 1. The van der Waals surface area contributed by atoms with Crippen LogP contribution < -0.4 is 9.47 Å². The Morgan fingerprint density at radius 2 is 1.31 bits per heavy atom. The van der Waals surface area contributed by atoms with E-state index in [2.05, 4.69) is 32.9 Å². The Labute approximate surface area is 213 Å². The number of rotatable bonds is 7. The SMILES string of the molecule is CCN(CC)C(=O)Oc1c(-c2ccc(OC)cc2)cc(C(C)(C)C)cc1-c1ccc(C(=O)OC)cc1. The average Bonchev–Trinajstić information content (AvgIpc) is 2.88. The second kappa shape index (κ2) is 11.3. The molecule has 0 bridgehead atoms. The van der Waals surface area contributed by atoms with Crippen molar-refractivity contribution in [3.05, 3.63) is 71.8 Å². The zero-order valence-electron chi connectivity index (χ0n) is 22.2. The lowest BCUT2D eigenvalue weighted by atomic mass is 9.82. The summed E-state index contributed by atoms with van der Waals surface area (Å²) in [5, 5.41) is 0. The second-order valence-electron chi connectivity index (χ2n) is 9.49. The first-order valence-corrected chi connectivity index (χ1v) is 12.1. The molecule has 0 spiro atoms. The summed E-state index contributed by atoms with van der Waals surface area (Å²) in [6.45, 7) is 11.4. The van der Waals surface area contributed by atoms with Crippen LogP contribution in [0.2, 0.25) is 0 Å². The predicted molar refractivity (Wildman–Crippen MR) is 143 cm³/mol. The van der Waals surface area contributed by atoms with Crippen LogP contribution in [-0.4, -0.2) is 44.3 Å². The lowest BCUT2D eigenvalue weighted by molar-refractivity contribution is 0.0600. The molecule has 3 aromatic rings. The monoisotopic (exact) mass is 489 g/mol. The molecule has 36 heavy (non-hydrogen) atoms. The minimum absolute atomic E-state index is 0.163. The number of amides is 1. The quantitative estimate of drug-likeness (QED) is 0.336. The number of benzene rings is 3. The molecule has 0 atom stereocenters. The normalized spacial score (nSPS) is 11.1. The maximum Gasteiger partial charge on any atom is 0.415 e. The first-order valence-electron chi connectivity index (χ1n) is 12.1. The van der Waals surface area contributed by atoms with Crippen LogP contribution in [0.3, 0.4) is 0 Å². The number of hydrogen-bond acceptors (Lipinski definition) is 5. The predicted octanol–water partition coefficient (Wildman–Crippen LogP) is 6.95. The highest BCUT2D eigenvalue weighted by Crippen LogP contribution is 2.43. The van der Waals surface area contributed by atoms with Crippen LogP contribution in [0.5, 0.6) is 11.5 Å². The van der Waals surface area contributed by atoms with E-state index < -0.39 is 12.1 Å². The van der Waals surface area contributed by atoms with Crippen molar-refractivity contribution >= 4 is 12.1 Å². The molecule has 0 aromatic heterocycles. The molecule has 0 saturated heterocycles. The van der Waals surface area contributed by atoms with E-state index in [4.69, 9.17) is 14.2 Å². The highest BCUT2D eigenvalue weighted by Gasteiger charge is 2.24. The van der Waals surface area contributed by atoms with Gasteiger partial charge in [-0.3, -0.25) is 0 Å². The van der Waals surface area contributed by atoms with E-state index in [9.17, 15) is 9.59 Å². The lowest BCUT2D eigenvalue weighted by Gasteiger charge is -2.25. The van der Waals surface area contributed by atoms with Crippen LogP contribution in [0, 0.1) is 0 Å². The molecule has 0 aliphatic heterocycles. The van der Waals surface area contributed by atoms with Gasteiger partial charge in [-0.05, 0) is 72.4 Å². The minimum Gasteiger partial charge on any atom is -0.497 e. The molecule has 0 radical (unpaired) electrons. The summed E-state index contributed by atoms with van der Waals surface area (Å²) in [4.78, 5) is 26.8. The Balaban J connectivity index is 2.29. The fraction of sp³-hybridized carbons (Fsp3) is 0.333. The Kier molecular flexibility index (Phi) is 8.41. The molecule has 0 fully saturated rings. The van der Waals surface area contributed by atoms with Gasteiger partial charge >= 0.3 is 12.1 Å². The number of methoxy groups -OCH3 is 2. The molecule has 0 heterocycles. The highest BCUT2D eigenvalue weighted by molar-refractivity contribution is 5.91. The Hall–Kier alpha value is -3.80. The van der Waals surface area contributed by atoms with Crippen LogP contribution in [0.1, 0.15) is 50.5 Å². The van der Waals surface area contributed by atoms with Crippen LogP contribution in [0.15, 0.2) is 60.7 Å². The minimum atomic E-state index is -0.411. The maximum atomic E-state index is 13.1. The van der Waals surface area contributed by atoms with Gasteiger partial charge in [-0.25, -0.2) is 9.59 Å². The molecule has 3 aromatic carbocycles. The van der Waals surface area contributed by atoms with Gasteiger partial charge in [0.25, 0.3) is 0 Å². The van der Waals surface area contributed by atoms with E-state index in [1.807, 2.05) is 50.2 Å². The van der Waals surface area contributed by atoms with Crippen molar-refractivity contribution in [1.82, 2.24) is 4.90 Å². The number of esters is 1. The van der Waals surface area contributed by atoms with Crippen molar-refractivity contribution in [2.45, 2.75) is 40.0 Å². The Morgan fingerprint density at radius 3 is 1.72 bits per heavy atom. The van der Waals surface area contributed by atoms with Gasteiger partial charge in [-0.15, -0.1) is 0 Å². The summed E-state index contributed by atoms with van der Waals surface area (Å²) >= 11 is 0. The summed E-state index contributed by atoms with van der Waals surface area (Å²) in [5.41, 5.74) is 4.67. The third kappa shape index (κ3) is 5.88. The standard InChI is InChI=1S/C30H35NO5/c1-8-31(9-2)29(33)36-27-25(20-10-12-22(13-11-20)28(32)35-7)18-23(30(3,4)5)19-26(27)21-14-16-24(34-6)17-15-21/h10-19H,8-9H2,1-7H3. The molecule has 3 rings (SSSR count). The van der Waals surface area contributed by atoms with E-state index >= 15 is 0 Å². The van der Waals surface area contributed by atoms with Crippen molar-refractivity contribution in [2.24, 2.45) is 0 Å². The summed E-state index contributed by atoms with van der Waals surface area (Å²) in [5.74, 6) is 0.805. The van der Waals surface area contributed by atoms with Crippen LogP contribution in [0.25, 0.3) is 22.3 Å². The van der Waals surface area contributed by atoms with Crippen molar-refractivity contribution < 1.29 is 23.8 Å². The van der Waals surface area contributed by atoms with Gasteiger partial charge in [0.2, 0.25) is 0 Å². The number of carbonyl (C=O) groups is 2. The van der Waals surface area contributed by atoms with Crippen LogP contribution in [-0.2, 0) is 10.2 Å². The average molecular weight is 490 g/mol. The molecule has 0 unspecified atom stereocenters. The van der Waals surface area contributed by atoms with E-state index in [1.165, 1.54) is 7.11 Å². The molecular formula is C30H35NO5. The Morgan fingerprint density at radius 1 is 0.806 bits per heavy atom. The Bertz CT molecular complexity index is 1200. The van der Waals surface area contributed by atoms with E-state index in [0.29, 0.717) is 24.4 Å². The summed E-state index contributed by atoms with van der Waals surface area (Å²) < 4.78 is 16.3. The largest absolute Gasteiger partial charge is 0.497 e. The number of carbonyl (C=O) groups excluding carboxylic acids is 2. The number of hydrogen-bond donors (Lipinski definition) is 0. The molecule has 0 saturated carbocycles. The fourth-order valence-corrected chi connectivity index (χ4v) is 3.91. The van der Waals surface area contributed by atoms with Gasteiger partial charge < -0.3 is 19.1 Å². The van der Waals surface area contributed by atoms with E-state index in [1.54, 1.807) is 24.1 Å². The second-order valence-corrected chi connectivity index (χ2v) is 9.49. The topological polar surface area (TPSA) is 65.1 Å². The smallest absolute Gasteiger partial charge is 0.415 e. The molecule has 0 aliphatic carbocycles. The molecule has 6 nitrogen and oxygen atoms in total. The molecular weight excluding hydrogens is 454 g/mol. The van der Waals surface area contributed by atoms with Gasteiger partial charge in [-0.1, -0.05) is 45.0 Å². The van der Waals surface area contributed by atoms with Crippen molar-refractivity contribution in [3.8, 4) is 33.8 Å². The van der Waals surface area contributed by atoms with Crippen LogP contribution >= 0.6 is 0 Å². The highest BCUT2D eigenvalue weighted by atomic mass is 16.6. The lowest BCUT2D eigenvalue weighted by Crippen LogP contribution is -2.33. The van der Waals surface area contributed by atoms with Crippen molar-refractivity contribution in [1.29, 1.82) is 0 Å². The van der Waals surface area contributed by atoms with Gasteiger partial charge in [0.05, 0.1) is 19.8 Å².